The van der Waals surface area contributed by atoms with Gasteiger partial charge in [0.25, 0.3) is 0 Å². The lowest BCUT2D eigenvalue weighted by Gasteiger charge is -2.33. The van der Waals surface area contributed by atoms with E-state index < -0.39 is 6.10 Å². The van der Waals surface area contributed by atoms with Crippen LogP contribution >= 0.6 is 0 Å². The van der Waals surface area contributed by atoms with Crippen LogP contribution in [0.25, 0.3) is 34.2 Å². The van der Waals surface area contributed by atoms with E-state index in [4.69, 9.17) is 24.4 Å². The summed E-state index contributed by atoms with van der Waals surface area (Å²) in [6, 6.07) is 17.3. The van der Waals surface area contributed by atoms with E-state index >= 15 is 0 Å². The van der Waals surface area contributed by atoms with Crippen molar-refractivity contribution in [2.24, 2.45) is 5.41 Å². The third-order valence-corrected chi connectivity index (χ3v) is 7.16. The molecule has 7 nitrogen and oxygen atoms in total. The molecule has 43 heavy (non-hydrogen) atoms. The molecule has 7 heteroatoms. The van der Waals surface area contributed by atoms with Crippen molar-refractivity contribution in [3.05, 3.63) is 76.9 Å². The normalized spacial score (nSPS) is 12.8. The molecule has 1 heterocycles. The second-order valence-corrected chi connectivity index (χ2v) is 13.4. The Hall–Kier alpha value is -3.81. The summed E-state index contributed by atoms with van der Waals surface area (Å²) in [6.45, 7) is 18.9. The summed E-state index contributed by atoms with van der Waals surface area (Å²) in [6.07, 6.45) is 0.0429. The molecule has 4 rings (SSSR count). The van der Waals surface area contributed by atoms with Gasteiger partial charge in [0.2, 0.25) is 0 Å². The predicted octanol–water partition coefficient (Wildman–Crippen LogP) is 7.78. The van der Waals surface area contributed by atoms with Gasteiger partial charge in [-0.2, -0.15) is 0 Å². The zero-order valence-corrected chi connectivity index (χ0v) is 26.9. The topological polar surface area (TPSA) is 97.6 Å². The Kier molecular flexibility index (Phi) is 9.57. The van der Waals surface area contributed by atoms with Crippen LogP contribution in [0.2, 0.25) is 0 Å². The number of hydrogen-bond acceptors (Lipinski definition) is 7. The largest absolute Gasteiger partial charge is 0.507 e. The van der Waals surface area contributed by atoms with E-state index in [0.29, 0.717) is 28.8 Å². The molecule has 1 aromatic heterocycles. The van der Waals surface area contributed by atoms with E-state index in [1.165, 1.54) is 6.07 Å². The van der Waals surface area contributed by atoms with E-state index in [-0.39, 0.29) is 30.0 Å². The number of phenolic OH excluding ortho intramolecular Hbond substituents is 1. The van der Waals surface area contributed by atoms with Crippen LogP contribution in [0.4, 0.5) is 0 Å². The number of nitrogens with zero attached hydrogens (tertiary/aromatic N) is 3. The van der Waals surface area contributed by atoms with Gasteiger partial charge in [-0.05, 0) is 76.6 Å². The van der Waals surface area contributed by atoms with E-state index in [0.717, 1.165) is 39.8 Å². The number of rotatable bonds is 10. The van der Waals surface area contributed by atoms with Crippen LogP contribution in [0.3, 0.4) is 0 Å². The minimum atomic E-state index is -0.815. The average molecular weight is 584 g/mol. The molecular weight excluding hydrogens is 538 g/mol. The number of aliphatic hydroxyl groups excluding tert-OH is 1. The number of aliphatic hydroxyl groups is 1. The third-order valence-electron chi connectivity index (χ3n) is 7.16. The Balaban J connectivity index is 1.59. The van der Waals surface area contributed by atoms with Crippen molar-refractivity contribution in [3.63, 3.8) is 0 Å². The molecule has 0 aliphatic carbocycles. The highest BCUT2D eigenvalue weighted by atomic mass is 16.5. The van der Waals surface area contributed by atoms with Crippen molar-refractivity contribution < 1.29 is 19.7 Å². The Bertz CT molecular complexity index is 1520. The van der Waals surface area contributed by atoms with Gasteiger partial charge in [-0.15, -0.1) is 0 Å². The highest BCUT2D eigenvalue weighted by Crippen LogP contribution is 2.34. The predicted molar refractivity (Wildman–Crippen MR) is 172 cm³/mol. The lowest BCUT2D eigenvalue weighted by molar-refractivity contribution is -0.0839. The van der Waals surface area contributed by atoms with Crippen LogP contribution in [0.5, 0.6) is 11.5 Å². The molecule has 0 spiro atoms. The summed E-state index contributed by atoms with van der Waals surface area (Å²) in [5, 5.41) is 21.6. The van der Waals surface area contributed by atoms with Crippen LogP contribution < -0.4 is 4.74 Å². The first-order chi connectivity index (χ1) is 20.1. The van der Waals surface area contributed by atoms with Crippen molar-refractivity contribution >= 4 is 0 Å². The summed E-state index contributed by atoms with van der Waals surface area (Å²) >= 11 is 0. The fraction of sp³-hybridized carbons (Fsp3) is 0.417. The Labute approximate surface area is 256 Å². The highest BCUT2D eigenvalue weighted by molar-refractivity contribution is 5.72. The zero-order valence-electron chi connectivity index (χ0n) is 26.9. The van der Waals surface area contributed by atoms with Gasteiger partial charge in [0.15, 0.2) is 17.5 Å². The molecular formula is C36H45N3O4. The molecule has 0 bridgehead atoms. The van der Waals surface area contributed by atoms with Crippen LogP contribution in [-0.4, -0.2) is 50.1 Å². The fourth-order valence-corrected chi connectivity index (χ4v) is 5.55. The Morgan fingerprint density at radius 3 is 1.63 bits per heavy atom. The van der Waals surface area contributed by atoms with Crippen LogP contribution in [0, 0.1) is 33.1 Å². The molecule has 0 radical (unpaired) electrons. The number of phenols is 1. The monoisotopic (exact) mass is 583 g/mol. The maximum absolute atomic E-state index is 11.1. The van der Waals surface area contributed by atoms with Gasteiger partial charge in [0, 0.05) is 17.2 Å². The summed E-state index contributed by atoms with van der Waals surface area (Å²) in [5.74, 6) is 1.83. The van der Waals surface area contributed by atoms with Crippen LogP contribution in [0.1, 0.15) is 63.3 Å². The molecule has 0 saturated heterocycles. The molecule has 0 saturated carbocycles. The van der Waals surface area contributed by atoms with E-state index in [2.05, 4.69) is 46.8 Å². The van der Waals surface area contributed by atoms with Crippen molar-refractivity contribution in [1.82, 2.24) is 15.0 Å². The molecule has 4 aromatic rings. The summed E-state index contributed by atoms with van der Waals surface area (Å²) in [7, 11) is 0. The summed E-state index contributed by atoms with van der Waals surface area (Å²) in [5.41, 5.74) is 6.44. The molecule has 3 aromatic carbocycles. The summed E-state index contributed by atoms with van der Waals surface area (Å²) in [4.78, 5) is 14.5. The van der Waals surface area contributed by atoms with E-state index in [9.17, 15) is 10.2 Å². The first-order valence-electron chi connectivity index (χ1n) is 14.8. The second-order valence-electron chi connectivity index (χ2n) is 13.4. The van der Waals surface area contributed by atoms with Crippen molar-refractivity contribution in [3.8, 4) is 45.7 Å². The van der Waals surface area contributed by atoms with Gasteiger partial charge in [0.1, 0.15) is 24.2 Å². The standard InChI is InChI=1S/C36H45N3O4/c1-22-10-13-28(24(3)16-22)32-37-33(29-14-11-23(2)17-25(29)4)39-34(38-32)30-15-12-27(18-31(30)41)42-19-26(40)20-43-36(8,9)21-35(5,6)7/h10-18,26,40-41H,19-21H2,1-9H3. The van der Waals surface area contributed by atoms with E-state index in [1.54, 1.807) is 12.1 Å². The fourth-order valence-electron chi connectivity index (χ4n) is 5.55. The summed E-state index contributed by atoms with van der Waals surface area (Å²) < 4.78 is 11.8. The molecule has 0 aliphatic rings. The number of aryl methyl sites for hydroxylation is 4. The number of hydrogen-bond donors (Lipinski definition) is 2. The van der Waals surface area contributed by atoms with Crippen molar-refractivity contribution in [2.75, 3.05) is 13.2 Å². The maximum atomic E-state index is 11.1. The molecule has 228 valence electrons. The number of aromatic hydroxyl groups is 1. The van der Waals surface area contributed by atoms with Gasteiger partial charge in [-0.3, -0.25) is 0 Å². The first kappa shape index (κ1) is 32.1. The molecule has 0 amide bonds. The average Bonchev–Trinajstić information content (AvgIpc) is 2.89. The molecule has 1 atom stereocenters. The minimum Gasteiger partial charge on any atom is -0.507 e. The van der Waals surface area contributed by atoms with Gasteiger partial charge < -0.3 is 19.7 Å². The van der Waals surface area contributed by atoms with Gasteiger partial charge >= 0.3 is 0 Å². The quantitative estimate of drug-likeness (QED) is 0.197. The van der Waals surface area contributed by atoms with Gasteiger partial charge in [-0.25, -0.2) is 15.0 Å². The van der Waals surface area contributed by atoms with Gasteiger partial charge in [-0.1, -0.05) is 68.3 Å². The van der Waals surface area contributed by atoms with Crippen molar-refractivity contribution in [1.29, 1.82) is 0 Å². The second kappa shape index (κ2) is 12.8. The Morgan fingerprint density at radius 2 is 1.16 bits per heavy atom. The smallest absolute Gasteiger partial charge is 0.167 e. The number of aromatic nitrogens is 3. The first-order valence-corrected chi connectivity index (χ1v) is 14.8. The lowest BCUT2D eigenvalue weighted by Crippen LogP contribution is -2.35. The highest BCUT2D eigenvalue weighted by Gasteiger charge is 2.27. The zero-order chi connectivity index (χ0) is 31.5. The molecule has 2 N–H and O–H groups in total. The SMILES string of the molecule is Cc1ccc(-c2nc(-c3ccc(C)cc3C)nc(-c3ccc(OCC(O)COC(C)(C)CC(C)(C)C)cc3O)n2)c(C)c1. The van der Waals surface area contributed by atoms with E-state index in [1.807, 2.05) is 52.0 Å². The maximum Gasteiger partial charge on any atom is 0.167 e. The third kappa shape index (κ3) is 8.62. The number of benzene rings is 3. The molecule has 0 aliphatic heterocycles. The van der Waals surface area contributed by atoms with Crippen LogP contribution in [-0.2, 0) is 4.74 Å². The molecule has 0 fully saturated rings. The lowest BCUT2D eigenvalue weighted by atomic mass is 9.83. The Morgan fingerprint density at radius 1 is 0.674 bits per heavy atom. The van der Waals surface area contributed by atoms with Gasteiger partial charge in [0.05, 0.1) is 17.8 Å². The van der Waals surface area contributed by atoms with Crippen molar-refractivity contribution in [2.45, 2.75) is 80.4 Å². The minimum absolute atomic E-state index is 0.0288. The number of ether oxygens (including phenoxy) is 2. The molecule has 1 unspecified atom stereocenters. The van der Waals surface area contributed by atoms with Crippen LogP contribution in [0.15, 0.2) is 54.6 Å².